The second-order valence-corrected chi connectivity index (χ2v) is 13.2. The number of halogens is 2. The Bertz CT molecular complexity index is 1980. The van der Waals surface area contributed by atoms with Gasteiger partial charge in [0.15, 0.2) is 5.60 Å². The van der Waals surface area contributed by atoms with Crippen LogP contribution in [0.2, 0.25) is 0 Å². The van der Waals surface area contributed by atoms with Crippen LogP contribution in [0.4, 0.5) is 8.78 Å². The zero-order valence-corrected chi connectivity index (χ0v) is 25.9. The molecular weight excluding hydrogens is 562 g/mol. The van der Waals surface area contributed by atoms with E-state index in [1.54, 1.807) is 25.3 Å². The van der Waals surface area contributed by atoms with Crippen LogP contribution < -0.4 is 9.47 Å². The van der Waals surface area contributed by atoms with Gasteiger partial charge in [0.25, 0.3) is 0 Å². The molecule has 2 aliphatic carbocycles. The highest BCUT2D eigenvalue weighted by atomic mass is 19.1. The van der Waals surface area contributed by atoms with E-state index in [-0.39, 0.29) is 17.0 Å². The van der Waals surface area contributed by atoms with Crippen molar-refractivity contribution in [3.05, 3.63) is 136 Å². The molecule has 45 heavy (non-hydrogen) atoms. The summed E-state index contributed by atoms with van der Waals surface area (Å²) in [6.07, 6.45) is 9.58. The van der Waals surface area contributed by atoms with Crippen LogP contribution in [0.25, 0.3) is 28.0 Å². The second kappa shape index (κ2) is 10.3. The Hall–Kier alpha value is -4.44. The van der Waals surface area contributed by atoms with Crippen molar-refractivity contribution >= 4 is 16.8 Å². The molecule has 0 radical (unpaired) electrons. The molecule has 5 aromatic carbocycles. The highest BCUT2D eigenvalue weighted by Crippen LogP contribution is 2.62. The summed E-state index contributed by atoms with van der Waals surface area (Å²) in [4.78, 5) is 0. The van der Waals surface area contributed by atoms with E-state index >= 15 is 4.39 Å². The van der Waals surface area contributed by atoms with Crippen molar-refractivity contribution in [1.82, 2.24) is 0 Å². The Kier molecular flexibility index (Phi) is 6.42. The van der Waals surface area contributed by atoms with Crippen molar-refractivity contribution in [2.24, 2.45) is 0 Å². The molecule has 226 valence electrons. The van der Waals surface area contributed by atoms with Crippen molar-refractivity contribution in [3.63, 3.8) is 0 Å². The average molecular weight is 599 g/mol. The van der Waals surface area contributed by atoms with Gasteiger partial charge < -0.3 is 9.47 Å². The Morgan fingerprint density at radius 3 is 2.11 bits per heavy atom. The minimum absolute atomic E-state index is 0.217. The molecule has 1 fully saturated rings. The Morgan fingerprint density at radius 1 is 0.756 bits per heavy atom. The van der Waals surface area contributed by atoms with E-state index in [2.05, 4.69) is 50.3 Å². The zero-order chi connectivity index (χ0) is 30.9. The fourth-order valence-electron chi connectivity index (χ4n) is 8.26. The molecule has 1 aliphatic heterocycles. The summed E-state index contributed by atoms with van der Waals surface area (Å²) < 4.78 is 42.9. The number of methoxy groups -OCH3 is 1. The van der Waals surface area contributed by atoms with Gasteiger partial charge in [-0.3, -0.25) is 0 Å². The molecule has 0 aromatic heterocycles. The van der Waals surface area contributed by atoms with Crippen LogP contribution in [-0.4, -0.2) is 7.11 Å². The average Bonchev–Trinajstić information content (AvgIpc) is 3.33. The van der Waals surface area contributed by atoms with Crippen LogP contribution in [0.15, 0.2) is 91.0 Å². The number of hydrogen-bond acceptors (Lipinski definition) is 2. The maximum absolute atomic E-state index is 15.2. The smallest absolute Gasteiger partial charge is 0.178 e. The van der Waals surface area contributed by atoms with Gasteiger partial charge in [-0.25, -0.2) is 8.78 Å². The van der Waals surface area contributed by atoms with Gasteiger partial charge in [0, 0.05) is 27.5 Å². The van der Waals surface area contributed by atoms with Gasteiger partial charge in [-0.1, -0.05) is 87.7 Å². The van der Waals surface area contributed by atoms with E-state index in [9.17, 15) is 4.39 Å². The van der Waals surface area contributed by atoms with E-state index in [4.69, 9.17) is 9.47 Å². The Balaban J connectivity index is 1.43. The molecule has 8 rings (SSSR count). The topological polar surface area (TPSA) is 18.5 Å². The lowest BCUT2D eigenvalue weighted by molar-refractivity contribution is 0.163. The third-order valence-corrected chi connectivity index (χ3v) is 10.5. The highest BCUT2D eigenvalue weighted by molar-refractivity contribution is 6.08. The maximum atomic E-state index is 15.2. The van der Waals surface area contributed by atoms with Gasteiger partial charge in [0.1, 0.15) is 23.1 Å². The van der Waals surface area contributed by atoms with Crippen molar-refractivity contribution in [2.75, 3.05) is 7.11 Å². The largest absolute Gasteiger partial charge is 0.497 e. The van der Waals surface area contributed by atoms with Gasteiger partial charge in [0.05, 0.1) is 7.11 Å². The fourth-order valence-corrected chi connectivity index (χ4v) is 8.26. The van der Waals surface area contributed by atoms with E-state index in [0.29, 0.717) is 11.7 Å². The van der Waals surface area contributed by atoms with Crippen LogP contribution >= 0.6 is 0 Å². The molecule has 1 atom stereocenters. The highest BCUT2D eigenvalue weighted by Gasteiger charge is 2.49. The first-order valence-electron chi connectivity index (χ1n) is 16.1. The van der Waals surface area contributed by atoms with Crippen LogP contribution in [0.5, 0.6) is 11.5 Å². The summed E-state index contributed by atoms with van der Waals surface area (Å²) >= 11 is 0. The first kappa shape index (κ1) is 28.1. The number of ether oxygens (including phenoxy) is 2. The van der Waals surface area contributed by atoms with Crippen LogP contribution in [0, 0.1) is 11.6 Å². The second-order valence-electron chi connectivity index (χ2n) is 13.2. The van der Waals surface area contributed by atoms with Crippen molar-refractivity contribution in [3.8, 4) is 22.6 Å². The third-order valence-electron chi connectivity index (χ3n) is 10.5. The monoisotopic (exact) mass is 598 g/mol. The van der Waals surface area contributed by atoms with Crippen LogP contribution in [-0.2, 0) is 11.0 Å². The van der Waals surface area contributed by atoms with Crippen molar-refractivity contribution in [2.45, 2.75) is 62.9 Å². The SMILES string of the molecule is COc1ccc(C2(c3ccc(C(C)C)cc3)C=Cc3c4c(c5ccc(F)cc5c3O2)-c2ccc(F)cc2C42CCCCC2)cc1. The van der Waals surface area contributed by atoms with Crippen LogP contribution in [0.1, 0.15) is 85.3 Å². The van der Waals surface area contributed by atoms with E-state index in [1.807, 2.05) is 36.4 Å². The van der Waals surface area contributed by atoms with Gasteiger partial charge in [-0.2, -0.15) is 0 Å². The summed E-state index contributed by atoms with van der Waals surface area (Å²) in [5, 5.41) is 1.67. The molecule has 2 nitrogen and oxygen atoms in total. The van der Waals surface area contributed by atoms with Crippen LogP contribution in [0.3, 0.4) is 0 Å². The number of benzene rings is 5. The third kappa shape index (κ3) is 4.11. The number of hydrogen-bond donors (Lipinski definition) is 0. The van der Waals surface area contributed by atoms with Gasteiger partial charge in [-0.05, 0) is 94.4 Å². The van der Waals surface area contributed by atoms with Gasteiger partial charge >= 0.3 is 0 Å². The van der Waals surface area contributed by atoms with Gasteiger partial charge in [-0.15, -0.1) is 0 Å². The lowest BCUT2D eigenvalue weighted by atomic mass is 9.66. The quantitative estimate of drug-likeness (QED) is 0.205. The minimum Gasteiger partial charge on any atom is -0.497 e. The molecule has 0 N–H and O–H groups in total. The predicted octanol–water partition coefficient (Wildman–Crippen LogP) is 10.8. The molecular formula is C41H36F2O2. The molecule has 4 heteroatoms. The summed E-state index contributed by atoms with van der Waals surface area (Å²) in [5.74, 6) is 1.30. The van der Waals surface area contributed by atoms with Gasteiger partial charge in [0.2, 0.25) is 0 Å². The Morgan fingerprint density at radius 2 is 1.42 bits per heavy atom. The predicted molar refractivity (Wildman–Crippen MR) is 177 cm³/mol. The lowest BCUT2D eigenvalue weighted by Crippen LogP contribution is -2.35. The van der Waals surface area contributed by atoms with Crippen molar-refractivity contribution in [1.29, 1.82) is 0 Å². The standard InChI is InChI=1S/C41H36F2O2/c1-25(2)26-7-9-27(10-8-26)41(28-11-15-31(44-3)16-12-28)22-19-34-38-37(32-17-13-29(42)23-35(32)39(34)45-41)33-18-14-30(43)24-36(33)40(38)20-5-4-6-21-40/h7-19,22-25H,4-6,20-21H2,1-3H3. The van der Waals surface area contributed by atoms with E-state index in [1.165, 1.54) is 23.6 Å². The minimum atomic E-state index is -0.959. The van der Waals surface area contributed by atoms with E-state index in [0.717, 1.165) is 75.6 Å². The van der Waals surface area contributed by atoms with E-state index < -0.39 is 5.60 Å². The number of fused-ring (bicyclic) bond motifs is 10. The summed E-state index contributed by atoms with van der Waals surface area (Å²) in [7, 11) is 1.66. The lowest BCUT2D eigenvalue weighted by Gasteiger charge is -2.41. The number of rotatable bonds is 4. The molecule has 0 bridgehead atoms. The molecule has 3 aliphatic rings. The molecule has 5 aromatic rings. The first-order chi connectivity index (χ1) is 21.8. The normalized spacial score (nSPS) is 19.3. The zero-order valence-electron chi connectivity index (χ0n) is 25.9. The van der Waals surface area contributed by atoms with Crippen molar-refractivity contribution < 1.29 is 18.3 Å². The molecule has 1 unspecified atom stereocenters. The summed E-state index contributed by atoms with van der Waals surface area (Å²) in [5.41, 5.74) is 7.29. The molecule has 1 saturated carbocycles. The summed E-state index contributed by atoms with van der Waals surface area (Å²) in [6, 6.07) is 26.9. The fraction of sp³-hybridized carbons (Fsp3) is 0.268. The summed E-state index contributed by atoms with van der Waals surface area (Å²) in [6.45, 7) is 4.38. The first-order valence-corrected chi connectivity index (χ1v) is 16.1. The molecule has 1 heterocycles. The maximum Gasteiger partial charge on any atom is 0.178 e. The Labute approximate surface area is 263 Å². The molecule has 0 saturated heterocycles. The molecule has 1 spiro atoms. The molecule has 0 amide bonds.